The van der Waals surface area contributed by atoms with Gasteiger partial charge in [0.05, 0.1) is 13.7 Å². The topological polar surface area (TPSA) is 49.3 Å². The van der Waals surface area contributed by atoms with Crippen LogP contribution in [0.4, 0.5) is 13.2 Å². The molecule has 166 valence electrons. The summed E-state index contributed by atoms with van der Waals surface area (Å²) >= 11 is 0. The van der Waals surface area contributed by atoms with E-state index in [2.05, 4.69) is 10.3 Å². The highest BCUT2D eigenvalue weighted by molar-refractivity contribution is 14.0. The van der Waals surface area contributed by atoms with Gasteiger partial charge in [-0.2, -0.15) is 13.2 Å². The van der Waals surface area contributed by atoms with Crippen molar-refractivity contribution in [3.05, 3.63) is 24.3 Å². The Morgan fingerprint density at radius 2 is 1.66 bits per heavy atom. The molecule has 2 unspecified atom stereocenters. The Morgan fingerprint density at radius 1 is 1.10 bits per heavy atom. The molecule has 2 rings (SSSR count). The van der Waals surface area contributed by atoms with E-state index in [9.17, 15) is 13.2 Å². The summed E-state index contributed by atoms with van der Waals surface area (Å²) in [5.74, 6) is 2.17. The zero-order valence-corrected chi connectivity index (χ0v) is 19.5. The van der Waals surface area contributed by atoms with E-state index in [1.165, 1.54) is 11.8 Å². The van der Waals surface area contributed by atoms with Crippen LogP contribution < -0.4 is 14.8 Å². The van der Waals surface area contributed by atoms with Crippen LogP contribution in [-0.4, -0.2) is 81.0 Å². The molecule has 1 saturated heterocycles. The molecule has 2 atom stereocenters. The van der Waals surface area contributed by atoms with Crippen molar-refractivity contribution in [3.63, 3.8) is 0 Å². The monoisotopic (exact) mass is 530 g/mol. The standard InChI is InChI=1S/C19H29F3N4O2.HI/c1-14(28-17-7-5-16(27-4)6-8-17)13-24-18(23-3)26-11-9-25(10-12-26)15(2)19(20,21)22;/h5-8,14-15H,9-13H2,1-4H3,(H,23,24);1H. The van der Waals surface area contributed by atoms with Crippen molar-refractivity contribution in [3.8, 4) is 11.5 Å². The molecule has 0 aromatic heterocycles. The van der Waals surface area contributed by atoms with Gasteiger partial charge in [-0.1, -0.05) is 0 Å². The van der Waals surface area contributed by atoms with Crippen molar-refractivity contribution >= 4 is 29.9 Å². The number of alkyl halides is 3. The number of nitrogens with one attached hydrogen (secondary N) is 1. The Kier molecular flexibility index (Phi) is 10.3. The second-order valence-corrected chi connectivity index (χ2v) is 6.77. The van der Waals surface area contributed by atoms with Gasteiger partial charge < -0.3 is 19.7 Å². The highest BCUT2D eigenvalue weighted by Gasteiger charge is 2.41. The van der Waals surface area contributed by atoms with E-state index in [0.717, 1.165) is 11.5 Å². The lowest BCUT2D eigenvalue weighted by molar-refractivity contribution is -0.181. The summed E-state index contributed by atoms with van der Waals surface area (Å²) in [6, 6.07) is 5.91. The molecule has 1 aliphatic heterocycles. The molecule has 1 heterocycles. The Balaban J connectivity index is 0.00000420. The van der Waals surface area contributed by atoms with Gasteiger partial charge >= 0.3 is 6.18 Å². The summed E-state index contributed by atoms with van der Waals surface area (Å²) in [6.45, 7) is 5.35. The average molecular weight is 530 g/mol. The third-order valence-electron chi connectivity index (χ3n) is 4.79. The molecule has 0 radical (unpaired) electrons. The zero-order chi connectivity index (χ0) is 20.7. The molecule has 0 spiro atoms. The largest absolute Gasteiger partial charge is 0.497 e. The maximum atomic E-state index is 12.9. The lowest BCUT2D eigenvalue weighted by atomic mass is 10.2. The number of hydrogen-bond donors (Lipinski definition) is 1. The van der Waals surface area contributed by atoms with Crippen LogP contribution >= 0.6 is 24.0 Å². The summed E-state index contributed by atoms with van der Waals surface area (Å²) in [4.78, 5) is 7.68. The summed E-state index contributed by atoms with van der Waals surface area (Å²) in [7, 11) is 3.28. The second kappa shape index (κ2) is 11.7. The van der Waals surface area contributed by atoms with E-state index >= 15 is 0 Å². The molecule has 10 heteroatoms. The van der Waals surface area contributed by atoms with Gasteiger partial charge in [0.15, 0.2) is 5.96 Å². The minimum absolute atomic E-state index is 0. The molecule has 0 aliphatic carbocycles. The normalized spacial score (nSPS) is 17.9. The lowest BCUT2D eigenvalue weighted by Crippen LogP contribution is -2.57. The molecule has 6 nitrogen and oxygen atoms in total. The first kappa shape index (κ1) is 25.6. The average Bonchev–Trinajstić information content (AvgIpc) is 2.68. The van der Waals surface area contributed by atoms with Crippen molar-refractivity contribution in [2.45, 2.75) is 32.2 Å². The molecule has 0 saturated carbocycles. The van der Waals surface area contributed by atoms with Crippen LogP contribution in [0.15, 0.2) is 29.3 Å². The number of methoxy groups -OCH3 is 1. The van der Waals surface area contributed by atoms with Gasteiger partial charge in [0, 0.05) is 33.2 Å². The van der Waals surface area contributed by atoms with Crippen LogP contribution in [0.25, 0.3) is 0 Å². The summed E-state index contributed by atoms with van der Waals surface area (Å²) in [6.07, 6.45) is -4.31. The number of guanidine groups is 1. The molecule has 1 N–H and O–H groups in total. The van der Waals surface area contributed by atoms with Crippen molar-refractivity contribution in [2.24, 2.45) is 4.99 Å². The van der Waals surface area contributed by atoms with E-state index in [0.29, 0.717) is 38.7 Å². The maximum absolute atomic E-state index is 12.9. The van der Waals surface area contributed by atoms with Crippen LogP contribution in [0.5, 0.6) is 11.5 Å². The van der Waals surface area contributed by atoms with E-state index in [1.807, 2.05) is 36.1 Å². The van der Waals surface area contributed by atoms with Gasteiger partial charge in [-0.3, -0.25) is 9.89 Å². The summed E-state index contributed by atoms with van der Waals surface area (Å²) in [5.41, 5.74) is 0. The number of benzene rings is 1. The molecule has 1 fully saturated rings. The van der Waals surface area contributed by atoms with Gasteiger partial charge in [0.1, 0.15) is 23.6 Å². The van der Waals surface area contributed by atoms with Crippen molar-refractivity contribution in [1.82, 2.24) is 15.1 Å². The molecule has 1 aromatic carbocycles. The van der Waals surface area contributed by atoms with Crippen molar-refractivity contribution in [2.75, 3.05) is 46.9 Å². The predicted octanol–water partition coefficient (Wildman–Crippen LogP) is 3.22. The first-order valence-electron chi connectivity index (χ1n) is 9.31. The van der Waals surface area contributed by atoms with Gasteiger partial charge in [0.25, 0.3) is 0 Å². The predicted molar refractivity (Wildman–Crippen MR) is 119 cm³/mol. The fraction of sp³-hybridized carbons (Fsp3) is 0.632. The number of aliphatic imine (C=N–C) groups is 1. The second-order valence-electron chi connectivity index (χ2n) is 6.77. The fourth-order valence-electron chi connectivity index (χ4n) is 3.02. The van der Waals surface area contributed by atoms with Crippen LogP contribution in [0.1, 0.15) is 13.8 Å². The summed E-state index contributed by atoms with van der Waals surface area (Å²) in [5, 5.41) is 3.24. The van der Waals surface area contributed by atoms with Gasteiger partial charge in [0.2, 0.25) is 0 Å². The zero-order valence-electron chi connectivity index (χ0n) is 17.2. The lowest BCUT2D eigenvalue weighted by Gasteiger charge is -2.39. The first-order chi connectivity index (χ1) is 13.2. The molecule has 29 heavy (non-hydrogen) atoms. The number of piperazine rings is 1. The first-order valence-corrected chi connectivity index (χ1v) is 9.31. The molecule has 0 bridgehead atoms. The van der Waals surface area contributed by atoms with E-state index in [4.69, 9.17) is 9.47 Å². The fourth-order valence-corrected chi connectivity index (χ4v) is 3.02. The van der Waals surface area contributed by atoms with Gasteiger partial charge in [-0.25, -0.2) is 0 Å². The highest BCUT2D eigenvalue weighted by atomic mass is 127. The minimum Gasteiger partial charge on any atom is -0.497 e. The SMILES string of the molecule is CN=C(NCC(C)Oc1ccc(OC)cc1)N1CCN(C(C)C(F)(F)F)CC1.I. The molecular formula is C19H30F3IN4O2. The summed E-state index contributed by atoms with van der Waals surface area (Å²) < 4.78 is 49.6. The quantitative estimate of drug-likeness (QED) is 0.348. The van der Waals surface area contributed by atoms with Crippen molar-refractivity contribution < 1.29 is 22.6 Å². The molecular weight excluding hydrogens is 500 g/mol. The Bertz CT molecular complexity index is 635. The number of rotatable bonds is 6. The molecule has 0 amide bonds. The van der Waals surface area contributed by atoms with Crippen LogP contribution in [-0.2, 0) is 0 Å². The number of halogens is 4. The van der Waals surface area contributed by atoms with Gasteiger partial charge in [-0.15, -0.1) is 24.0 Å². The van der Waals surface area contributed by atoms with Crippen LogP contribution in [0, 0.1) is 0 Å². The minimum atomic E-state index is -4.20. The Hall–Kier alpha value is -1.43. The third kappa shape index (κ3) is 7.72. The van der Waals surface area contributed by atoms with Gasteiger partial charge in [-0.05, 0) is 38.1 Å². The number of nitrogens with zero attached hydrogens (tertiary/aromatic N) is 3. The Morgan fingerprint density at radius 3 is 2.14 bits per heavy atom. The Labute approximate surface area is 187 Å². The highest BCUT2D eigenvalue weighted by Crippen LogP contribution is 2.25. The maximum Gasteiger partial charge on any atom is 0.403 e. The van der Waals surface area contributed by atoms with Crippen molar-refractivity contribution in [1.29, 1.82) is 0 Å². The van der Waals surface area contributed by atoms with E-state index < -0.39 is 12.2 Å². The van der Waals surface area contributed by atoms with E-state index in [-0.39, 0.29) is 30.1 Å². The molecule has 1 aliphatic rings. The van der Waals surface area contributed by atoms with Crippen LogP contribution in [0.3, 0.4) is 0 Å². The third-order valence-corrected chi connectivity index (χ3v) is 4.79. The van der Waals surface area contributed by atoms with E-state index in [1.54, 1.807) is 14.2 Å². The number of ether oxygens (including phenoxy) is 2. The molecule has 1 aromatic rings. The smallest absolute Gasteiger partial charge is 0.403 e. The van der Waals surface area contributed by atoms with Crippen LogP contribution in [0.2, 0.25) is 0 Å². The number of hydrogen-bond acceptors (Lipinski definition) is 4.